The van der Waals surface area contributed by atoms with Gasteiger partial charge < -0.3 is 10.3 Å². The summed E-state index contributed by atoms with van der Waals surface area (Å²) in [6.45, 7) is 1.61. The van der Waals surface area contributed by atoms with Crippen LogP contribution in [0.1, 0.15) is 12.5 Å². The molecule has 0 bridgehead atoms. The van der Waals surface area contributed by atoms with Crippen LogP contribution in [-0.4, -0.2) is 38.6 Å². The zero-order valence-electron chi connectivity index (χ0n) is 14.9. The van der Waals surface area contributed by atoms with Gasteiger partial charge in [-0.3, -0.25) is 15.0 Å². The fourth-order valence-corrected chi connectivity index (χ4v) is 3.67. The third-order valence-corrected chi connectivity index (χ3v) is 5.36. The minimum atomic E-state index is -1.22. The highest BCUT2D eigenvalue weighted by Crippen LogP contribution is 2.27. The molecule has 1 unspecified atom stereocenters. The molecule has 3 aromatic rings. The van der Waals surface area contributed by atoms with Crippen LogP contribution in [0.4, 0.5) is 4.79 Å². The number of hydrogen-bond donors (Lipinski definition) is 3. The number of imidazole rings is 1. The van der Waals surface area contributed by atoms with Crippen LogP contribution in [0.25, 0.3) is 11.0 Å². The molecule has 1 saturated heterocycles. The molecule has 0 radical (unpaired) electrons. The first-order chi connectivity index (χ1) is 13.5. The van der Waals surface area contributed by atoms with E-state index in [2.05, 4.69) is 20.7 Å². The van der Waals surface area contributed by atoms with Crippen LogP contribution in [0, 0.1) is 0 Å². The molecule has 4 amide bonds. The molecule has 28 heavy (non-hydrogen) atoms. The Morgan fingerprint density at radius 2 is 1.86 bits per heavy atom. The molecule has 1 aliphatic heterocycles. The quantitative estimate of drug-likeness (QED) is 0.453. The van der Waals surface area contributed by atoms with Crippen molar-refractivity contribution in [3.05, 3.63) is 60.2 Å². The fraction of sp³-hybridized carbons (Fsp3) is 0.158. The number of benzene rings is 2. The monoisotopic (exact) mass is 395 g/mol. The maximum absolute atomic E-state index is 12.8. The summed E-state index contributed by atoms with van der Waals surface area (Å²) in [6, 6.07) is 15.8. The number of rotatable bonds is 5. The van der Waals surface area contributed by atoms with Crippen molar-refractivity contribution in [3.8, 4) is 0 Å². The third kappa shape index (κ3) is 3.20. The lowest BCUT2D eigenvalue weighted by atomic mass is 9.92. The smallest absolute Gasteiger partial charge is 0.333 e. The molecule has 2 aromatic carbocycles. The number of carbonyl (C=O) groups excluding carboxylic acids is 3. The van der Waals surface area contributed by atoms with Crippen molar-refractivity contribution in [1.29, 1.82) is 0 Å². The molecule has 1 atom stereocenters. The predicted octanol–water partition coefficient (Wildman–Crippen LogP) is 2.15. The number of imide groups is 1. The topological polar surface area (TPSA) is 107 Å². The van der Waals surface area contributed by atoms with Gasteiger partial charge in [-0.05, 0) is 24.6 Å². The number of urea groups is 1. The Hall–Kier alpha value is -3.33. The Bertz CT molecular complexity index is 1030. The van der Waals surface area contributed by atoms with Crippen LogP contribution < -0.4 is 10.7 Å². The van der Waals surface area contributed by atoms with Crippen LogP contribution in [0.15, 0.2) is 59.8 Å². The molecular formula is C19H17N5O3S. The average Bonchev–Trinajstić information content (AvgIpc) is 3.21. The van der Waals surface area contributed by atoms with Crippen LogP contribution in [0.5, 0.6) is 0 Å². The molecule has 4 rings (SSSR count). The summed E-state index contributed by atoms with van der Waals surface area (Å²) in [5.74, 6) is -1.02. The molecular weight excluding hydrogens is 378 g/mol. The number of aromatic amines is 1. The Morgan fingerprint density at radius 3 is 2.61 bits per heavy atom. The van der Waals surface area contributed by atoms with Gasteiger partial charge in [-0.25, -0.2) is 9.78 Å². The van der Waals surface area contributed by atoms with Gasteiger partial charge in [0.1, 0.15) is 5.54 Å². The maximum Gasteiger partial charge on any atom is 0.344 e. The largest absolute Gasteiger partial charge is 0.344 e. The molecule has 1 aliphatic rings. The summed E-state index contributed by atoms with van der Waals surface area (Å²) in [5, 5.41) is 3.96. The highest BCUT2D eigenvalue weighted by molar-refractivity contribution is 7.99. The number of thioether (sulfide) groups is 1. The molecule has 0 aliphatic carbocycles. The minimum Gasteiger partial charge on any atom is -0.333 e. The maximum atomic E-state index is 12.8. The first-order valence-electron chi connectivity index (χ1n) is 8.56. The standard InChI is InChI=1S/C19H17N5O3S/c1-19(12-7-3-2-4-8-12)16(26)24(18(27)22-19)23-15(25)11-28-17-20-13-9-5-6-10-14(13)21-17/h2-10H,11H2,1H3,(H,20,21)(H,22,27)(H,23,25). The third-order valence-electron chi connectivity index (χ3n) is 4.49. The first-order valence-corrected chi connectivity index (χ1v) is 9.55. The van der Waals surface area contributed by atoms with Gasteiger partial charge in [0.2, 0.25) is 5.91 Å². The number of amides is 4. The molecule has 142 valence electrons. The summed E-state index contributed by atoms with van der Waals surface area (Å²) in [6.07, 6.45) is 0. The van der Waals surface area contributed by atoms with Crippen LogP contribution in [0.3, 0.4) is 0 Å². The lowest BCUT2D eigenvalue weighted by Gasteiger charge is -2.22. The van der Waals surface area contributed by atoms with Gasteiger partial charge in [-0.1, -0.05) is 54.2 Å². The fourth-order valence-electron chi connectivity index (χ4n) is 3.00. The highest BCUT2D eigenvalue weighted by atomic mass is 32.2. The van der Waals surface area contributed by atoms with Crippen LogP contribution in [-0.2, 0) is 15.1 Å². The van der Waals surface area contributed by atoms with Gasteiger partial charge in [-0.15, -0.1) is 0 Å². The van der Waals surface area contributed by atoms with Crippen molar-refractivity contribution >= 4 is 40.6 Å². The number of carbonyl (C=O) groups is 3. The summed E-state index contributed by atoms with van der Waals surface area (Å²) in [5.41, 5.74) is 3.47. The number of hydrogen-bond acceptors (Lipinski definition) is 5. The van der Waals surface area contributed by atoms with E-state index in [1.807, 2.05) is 30.3 Å². The van der Waals surface area contributed by atoms with E-state index in [1.165, 1.54) is 11.8 Å². The highest BCUT2D eigenvalue weighted by Gasteiger charge is 2.49. The van der Waals surface area contributed by atoms with Gasteiger partial charge >= 0.3 is 6.03 Å². The number of nitrogens with one attached hydrogen (secondary N) is 3. The van der Waals surface area contributed by atoms with Crippen molar-refractivity contribution in [1.82, 2.24) is 25.7 Å². The number of hydrazine groups is 1. The van der Waals surface area contributed by atoms with Gasteiger partial charge in [0.05, 0.1) is 16.8 Å². The molecule has 2 heterocycles. The van der Waals surface area contributed by atoms with Gasteiger partial charge in [0.15, 0.2) is 5.16 Å². The number of nitrogens with zero attached hydrogens (tertiary/aromatic N) is 2. The molecule has 0 saturated carbocycles. The van der Waals surface area contributed by atoms with Gasteiger partial charge in [0, 0.05) is 0 Å². The number of H-pyrrole nitrogens is 1. The van der Waals surface area contributed by atoms with E-state index in [9.17, 15) is 14.4 Å². The Labute approximate surface area is 164 Å². The van der Waals surface area contributed by atoms with E-state index >= 15 is 0 Å². The Balaban J connectivity index is 1.41. The number of aromatic nitrogens is 2. The van der Waals surface area contributed by atoms with E-state index in [0.717, 1.165) is 16.0 Å². The van der Waals surface area contributed by atoms with Crippen molar-refractivity contribution in [2.24, 2.45) is 0 Å². The van der Waals surface area contributed by atoms with Gasteiger partial charge in [-0.2, -0.15) is 5.01 Å². The van der Waals surface area contributed by atoms with Crippen LogP contribution >= 0.6 is 11.8 Å². The summed E-state index contributed by atoms with van der Waals surface area (Å²) in [7, 11) is 0. The summed E-state index contributed by atoms with van der Waals surface area (Å²) in [4.78, 5) is 44.8. The molecule has 8 nitrogen and oxygen atoms in total. The molecule has 0 spiro atoms. The van der Waals surface area contributed by atoms with Crippen LogP contribution in [0.2, 0.25) is 0 Å². The second-order valence-corrected chi connectivity index (χ2v) is 7.41. The Morgan fingerprint density at radius 1 is 1.14 bits per heavy atom. The summed E-state index contributed by atoms with van der Waals surface area (Å²) >= 11 is 1.19. The van der Waals surface area contributed by atoms with Gasteiger partial charge in [0.25, 0.3) is 5.91 Å². The van der Waals surface area contributed by atoms with Crippen molar-refractivity contribution in [3.63, 3.8) is 0 Å². The summed E-state index contributed by atoms with van der Waals surface area (Å²) < 4.78 is 0. The van der Waals surface area contributed by atoms with Crippen molar-refractivity contribution < 1.29 is 14.4 Å². The molecule has 1 aromatic heterocycles. The number of para-hydroxylation sites is 2. The Kier molecular flexibility index (Phi) is 4.52. The lowest BCUT2D eigenvalue weighted by Crippen LogP contribution is -2.48. The predicted molar refractivity (Wildman–Crippen MR) is 104 cm³/mol. The van der Waals surface area contributed by atoms with E-state index in [-0.39, 0.29) is 5.75 Å². The first kappa shape index (κ1) is 18.1. The minimum absolute atomic E-state index is 0.00106. The van der Waals surface area contributed by atoms with E-state index in [1.54, 1.807) is 31.2 Å². The second-order valence-electron chi connectivity index (χ2n) is 6.44. The van der Waals surface area contributed by atoms with Crippen molar-refractivity contribution in [2.45, 2.75) is 17.6 Å². The molecule has 1 fully saturated rings. The normalized spacial score (nSPS) is 19.1. The van der Waals surface area contributed by atoms with E-state index in [4.69, 9.17) is 0 Å². The molecule has 9 heteroatoms. The average molecular weight is 395 g/mol. The zero-order valence-corrected chi connectivity index (χ0v) is 15.7. The zero-order chi connectivity index (χ0) is 19.7. The molecule has 3 N–H and O–H groups in total. The second kappa shape index (κ2) is 7.01. The van der Waals surface area contributed by atoms with Crippen molar-refractivity contribution in [2.75, 3.05) is 5.75 Å². The van der Waals surface area contributed by atoms with E-state index in [0.29, 0.717) is 10.7 Å². The van der Waals surface area contributed by atoms with E-state index < -0.39 is 23.4 Å². The lowest BCUT2D eigenvalue weighted by molar-refractivity contribution is -0.138. The number of fused-ring (bicyclic) bond motifs is 1. The SMILES string of the molecule is CC1(c2ccccc2)NC(=O)N(NC(=O)CSc2nc3ccccc3[nH]2)C1=O.